The fourth-order valence-electron chi connectivity index (χ4n) is 4.51. The summed E-state index contributed by atoms with van der Waals surface area (Å²) in [6.07, 6.45) is -3.03. The molecule has 2 aliphatic rings. The Morgan fingerprint density at radius 2 is 1.82 bits per heavy atom. The van der Waals surface area contributed by atoms with Gasteiger partial charge in [-0.2, -0.15) is 13.2 Å². The first-order valence-corrected chi connectivity index (χ1v) is 11.2. The van der Waals surface area contributed by atoms with Crippen LogP contribution < -0.4 is 19.7 Å². The van der Waals surface area contributed by atoms with Crippen LogP contribution in [0.25, 0.3) is 0 Å². The van der Waals surface area contributed by atoms with Crippen LogP contribution in [0, 0.1) is 0 Å². The molecule has 184 valence electrons. The van der Waals surface area contributed by atoms with Gasteiger partial charge in [-0.05, 0) is 43.2 Å². The Kier molecular flexibility index (Phi) is 7.06. The van der Waals surface area contributed by atoms with E-state index in [1.54, 1.807) is 31.3 Å². The molecule has 2 aliphatic heterocycles. The highest BCUT2D eigenvalue weighted by Crippen LogP contribution is 2.40. The minimum absolute atomic E-state index is 0.133. The molecular weight excluding hydrogens is 451 g/mol. The van der Waals surface area contributed by atoms with Crippen molar-refractivity contribution in [3.05, 3.63) is 47.5 Å². The van der Waals surface area contributed by atoms with Gasteiger partial charge in [0.25, 0.3) is 0 Å². The molecule has 0 bridgehead atoms. The molecule has 0 aliphatic carbocycles. The Bertz CT molecular complexity index is 1030. The maximum absolute atomic E-state index is 13.4. The van der Waals surface area contributed by atoms with Gasteiger partial charge in [0.15, 0.2) is 0 Å². The van der Waals surface area contributed by atoms with Gasteiger partial charge in [-0.1, -0.05) is 0 Å². The maximum Gasteiger partial charge on any atom is 0.416 e. The highest BCUT2D eigenvalue weighted by Gasteiger charge is 2.34. The van der Waals surface area contributed by atoms with Crippen LogP contribution in [0.15, 0.2) is 36.4 Å². The number of likely N-dealkylation sites (tertiary alicyclic amines) is 1. The summed E-state index contributed by atoms with van der Waals surface area (Å²) in [5, 5.41) is 2.76. The van der Waals surface area contributed by atoms with Crippen LogP contribution in [0.5, 0.6) is 11.5 Å². The molecule has 4 rings (SSSR count). The monoisotopic (exact) mass is 479 g/mol. The van der Waals surface area contributed by atoms with E-state index < -0.39 is 17.8 Å². The lowest BCUT2D eigenvalue weighted by Crippen LogP contribution is -2.38. The van der Waals surface area contributed by atoms with Gasteiger partial charge < -0.3 is 29.3 Å². The zero-order valence-electron chi connectivity index (χ0n) is 19.2. The number of hydrogen-bond acceptors (Lipinski definition) is 5. The second-order valence-electron chi connectivity index (χ2n) is 8.22. The molecule has 0 aromatic heterocycles. The fourth-order valence-corrected chi connectivity index (χ4v) is 4.51. The third kappa shape index (κ3) is 5.01. The molecule has 2 aromatic rings. The average Bonchev–Trinajstić information content (AvgIpc) is 3.33. The summed E-state index contributed by atoms with van der Waals surface area (Å²) < 4.78 is 56.4. The number of nitrogens with zero attached hydrogens (tertiary/aromatic N) is 2. The molecule has 7 nitrogen and oxygen atoms in total. The molecule has 2 fully saturated rings. The van der Waals surface area contributed by atoms with E-state index in [9.17, 15) is 18.0 Å². The third-order valence-electron chi connectivity index (χ3n) is 6.23. The lowest BCUT2D eigenvalue weighted by molar-refractivity contribution is -0.137. The van der Waals surface area contributed by atoms with Gasteiger partial charge in [-0.3, -0.25) is 0 Å². The molecule has 34 heavy (non-hydrogen) atoms. The van der Waals surface area contributed by atoms with Gasteiger partial charge >= 0.3 is 12.2 Å². The van der Waals surface area contributed by atoms with Gasteiger partial charge in [0.05, 0.1) is 50.4 Å². The number of carbonyl (C=O) groups is 1. The quantitative estimate of drug-likeness (QED) is 0.659. The van der Waals surface area contributed by atoms with Crippen LogP contribution in [-0.4, -0.2) is 58.0 Å². The number of alkyl halides is 3. The van der Waals surface area contributed by atoms with Crippen LogP contribution in [0.3, 0.4) is 0 Å². The summed E-state index contributed by atoms with van der Waals surface area (Å²) in [4.78, 5) is 16.9. The van der Waals surface area contributed by atoms with E-state index in [0.717, 1.165) is 30.5 Å². The standard InChI is InChI=1S/C24H28F3N3O4/c1-32-17-6-7-18(22(15-17)33-2)20-4-3-9-30(20)23(31)28-19-14-16(24(25,26)27)5-8-21(19)29-10-12-34-13-11-29/h5-8,14-15,20H,3-4,9-13H2,1-2H3,(H,28,31). The summed E-state index contributed by atoms with van der Waals surface area (Å²) in [7, 11) is 3.11. The maximum atomic E-state index is 13.4. The van der Waals surface area contributed by atoms with Gasteiger partial charge in [0.2, 0.25) is 0 Å². The predicted octanol–water partition coefficient (Wildman–Crippen LogP) is 4.93. The van der Waals surface area contributed by atoms with Crippen LogP contribution in [0.4, 0.5) is 29.3 Å². The van der Waals surface area contributed by atoms with Crippen LogP contribution >= 0.6 is 0 Å². The largest absolute Gasteiger partial charge is 0.497 e. The van der Waals surface area contributed by atoms with Crippen molar-refractivity contribution in [2.75, 3.05) is 57.3 Å². The van der Waals surface area contributed by atoms with Crippen molar-refractivity contribution in [1.29, 1.82) is 0 Å². The first-order chi connectivity index (χ1) is 16.3. The number of carbonyl (C=O) groups excluding carboxylic acids is 1. The van der Waals surface area contributed by atoms with Crippen molar-refractivity contribution in [3.63, 3.8) is 0 Å². The lowest BCUT2D eigenvalue weighted by Gasteiger charge is -2.32. The smallest absolute Gasteiger partial charge is 0.416 e. The van der Waals surface area contributed by atoms with Crippen molar-refractivity contribution < 1.29 is 32.2 Å². The molecule has 2 aromatic carbocycles. The number of anilines is 2. The van der Waals surface area contributed by atoms with Crippen molar-refractivity contribution in [2.24, 2.45) is 0 Å². The number of nitrogens with one attached hydrogen (secondary N) is 1. The zero-order chi connectivity index (χ0) is 24.3. The first kappa shape index (κ1) is 24.0. The molecule has 2 amide bonds. The SMILES string of the molecule is COc1ccc(C2CCCN2C(=O)Nc2cc(C(F)(F)F)ccc2N2CCOCC2)c(OC)c1. The van der Waals surface area contributed by atoms with Gasteiger partial charge in [-0.15, -0.1) is 0 Å². The third-order valence-corrected chi connectivity index (χ3v) is 6.23. The molecular formula is C24H28F3N3O4. The minimum Gasteiger partial charge on any atom is -0.497 e. The highest BCUT2D eigenvalue weighted by molar-refractivity contribution is 5.94. The summed E-state index contributed by atoms with van der Waals surface area (Å²) in [6, 6.07) is 8.16. The van der Waals surface area contributed by atoms with Crippen LogP contribution in [0.2, 0.25) is 0 Å². The van der Waals surface area contributed by atoms with Crippen molar-refractivity contribution in [3.8, 4) is 11.5 Å². The number of hydrogen-bond donors (Lipinski definition) is 1. The number of ether oxygens (including phenoxy) is 3. The Morgan fingerprint density at radius 3 is 2.50 bits per heavy atom. The minimum atomic E-state index is -4.52. The molecule has 0 saturated carbocycles. The molecule has 1 unspecified atom stereocenters. The zero-order valence-corrected chi connectivity index (χ0v) is 19.2. The van der Waals surface area contributed by atoms with E-state index in [-0.39, 0.29) is 11.7 Å². The van der Waals surface area contributed by atoms with E-state index in [0.29, 0.717) is 50.0 Å². The summed E-state index contributed by atoms with van der Waals surface area (Å²) in [5.41, 5.74) is 0.694. The predicted molar refractivity (Wildman–Crippen MR) is 122 cm³/mol. The Hall–Kier alpha value is -3.14. The van der Waals surface area contributed by atoms with Gasteiger partial charge in [0, 0.05) is 31.3 Å². The van der Waals surface area contributed by atoms with E-state index >= 15 is 0 Å². The van der Waals surface area contributed by atoms with Gasteiger partial charge in [-0.25, -0.2) is 4.79 Å². The summed E-state index contributed by atoms with van der Waals surface area (Å²) in [6.45, 7) is 2.49. The number of amides is 2. The van der Waals surface area contributed by atoms with Crippen molar-refractivity contribution in [1.82, 2.24) is 4.90 Å². The van der Waals surface area contributed by atoms with E-state index in [1.165, 1.54) is 6.07 Å². The summed E-state index contributed by atoms with van der Waals surface area (Å²) >= 11 is 0. The second kappa shape index (κ2) is 10.0. The Balaban J connectivity index is 1.62. The number of rotatable bonds is 5. The van der Waals surface area contributed by atoms with Crippen molar-refractivity contribution >= 4 is 17.4 Å². The molecule has 10 heteroatoms. The Morgan fingerprint density at radius 1 is 1.06 bits per heavy atom. The molecule has 1 N–H and O–H groups in total. The fraction of sp³-hybridized carbons (Fsp3) is 0.458. The molecule has 2 heterocycles. The number of morpholine rings is 1. The summed E-state index contributed by atoms with van der Waals surface area (Å²) in [5.74, 6) is 1.23. The average molecular weight is 479 g/mol. The van der Waals surface area contributed by atoms with Crippen LogP contribution in [0.1, 0.15) is 30.0 Å². The highest BCUT2D eigenvalue weighted by atomic mass is 19.4. The normalized spacial score (nSPS) is 18.7. The van der Waals surface area contributed by atoms with Crippen LogP contribution in [-0.2, 0) is 10.9 Å². The number of methoxy groups -OCH3 is 2. The molecule has 0 radical (unpaired) electrons. The molecule has 2 saturated heterocycles. The molecule has 0 spiro atoms. The first-order valence-electron chi connectivity index (χ1n) is 11.2. The lowest BCUT2D eigenvalue weighted by atomic mass is 10.0. The van der Waals surface area contributed by atoms with E-state index in [2.05, 4.69) is 5.32 Å². The topological polar surface area (TPSA) is 63.3 Å². The number of urea groups is 1. The van der Waals surface area contributed by atoms with E-state index in [1.807, 2.05) is 11.0 Å². The molecule has 1 atom stereocenters. The number of benzene rings is 2. The van der Waals surface area contributed by atoms with Crippen molar-refractivity contribution in [2.45, 2.75) is 25.1 Å². The van der Waals surface area contributed by atoms with E-state index in [4.69, 9.17) is 14.2 Å². The Labute approximate surface area is 196 Å². The number of halogens is 3. The van der Waals surface area contributed by atoms with Gasteiger partial charge in [0.1, 0.15) is 11.5 Å². The second-order valence-corrected chi connectivity index (χ2v) is 8.22.